The number of rotatable bonds is 4. The topological polar surface area (TPSA) is 15.3 Å². The molecular formula is C15H22F2N2. The highest BCUT2D eigenvalue weighted by atomic mass is 19.1. The van der Waals surface area contributed by atoms with Crippen LogP contribution in [0.4, 0.5) is 14.5 Å². The lowest BCUT2D eigenvalue weighted by atomic mass is 10.1. The fraction of sp³-hybridized carbons (Fsp3) is 0.600. The lowest BCUT2D eigenvalue weighted by Gasteiger charge is -2.20. The molecule has 1 N–H and O–H groups in total. The van der Waals surface area contributed by atoms with Crippen LogP contribution in [0.25, 0.3) is 0 Å². The largest absolute Gasteiger partial charge is 0.382 e. The van der Waals surface area contributed by atoms with Crippen LogP contribution in [0.3, 0.4) is 0 Å². The van der Waals surface area contributed by atoms with E-state index in [4.69, 9.17) is 0 Å². The van der Waals surface area contributed by atoms with Crippen LogP contribution >= 0.6 is 0 Å². The van der Waals surface area contributed by atoms with E-state index in [1.54, 1.807) is 0 Å². The normalized spacial score (nSPS) is 21.1. The van der Waals surface area contributed by atoms with E-state index in [0.717, 1.165) is 45.0 Å². The first kappa shape index (κ1) is 14.3. The highest BCUT2D eigenvalue weighted by Crippen LogP contribution is 2.19. The highest BCUT2D eigenvalue weighted by molar-refractivity contribution is 5.44. The summed E-state index contributed by atoms with van der Waals surface area (Å²) in [5.41, 5.74) is 0.548. The molecule has 0 radical (unpaired) electrons. The third-order valence-electron chi connectivity index (χ3n) is 3.59. The highest BCUT2D eigenvalue weighted by Gasteiger charge is 2.16. The average Bonchev–Trinajstić information content (AvgIpc) is 2.54. The molecule has 1 aliphatic heterocycles. The molecule has 0 aliphatic carbocycles. The van der Waals surface area contributed by atoms with Gasteiger partial charge in [0.2, 0.25) is 0 Å². The van der Waals surface area contributed by atoms with Gasteiger partial charge in [0.25, 0.3) is 0 Å². The standard InChI is InChI=1S/C15H22F2N2/c1-2-6-19-7-3-4-14(5-8-19)18-15-10-12(16)9-13(17)11-15/h9-11,14,18H,2-8H2,1H3. The van der Waals surface area contributed by atoms with E-state index in [1.165, 1.54) is 18.6 Å². The van der Waals surface area contributed by atoms with Crippen LogP contribution in [0, 0.1) is 11.6 Å². The molecular weight excluding hydrogens is 246 g/mol. The van der Waals surface area contributed by atoms with Crippen LogP contribution in [0.2, 0.25) is 0 Å². The Bertz CT molecular complexity index is 389. The van der Waals surface area contributed by atoms with Gasteiger partial charge in [-0.25, -0.2) is 8.78 Å². The SMILES string of the molecule is CCCN1CCCC(Nc2cc(F)cc(F)c2)CC1. The maximum atomic E-state index is 13.1. The van der Waals surface area contributed by atoms with Crippen molar-refractivity contribution in [1.29, 1.82) is 0 Å². The summed E-state index contributed by atoms with van der Waals surface area (Å²) in [6.45, 7) is 5.52. The van der Waals surface area contributed by atoms with Gasteiger partial charge in [-0.2, -0.15) is 0 Å². The van der Waals surface area contributed by atoms with Gasteiger partial charge < -0.3 is 10.2 Å². The summed E-state index contributed by atoms with van der Waals surface area (Å²) < 4.78 is 26.3. The van der Waals surface area contributed by atoms with E-state index in [2.05, 4.69) is 17.1 Å². The molecule has 0 saturated carbocycles. The first-order valence-corrected chi connectivity index (χ1v) is 7.12. The zero-order valence-corrected chi connectivity index (χ0v) is 11.5. The summed E-state index contributed by atoms with van der Waals surface area (Å²) in [7, 11) is 0. The predicted molar refractivity (Wildman–Crippen MR) is 74.4 cm³/mol. The molecule has 19 heavy (non-hydrogen) atoms. The second-order valence-electron chi connectivity index (χ2n) is 5.27. The Kier molecular flexibility index (Phi) is 5.14. The van der Waals surface area contributed by atoms with E-state index >= 15 is 0 Å². The molecule has 2 nitrogen and oxygen atoms in total. The number of halogens is 2. The van der Waals surface area contributed by atoms with Crippen LogP contribution in [0.15, 0.2) is 18.2 Å². The second kappa shape index (κ2) is 6.85. The summed E-state index contributed by atoms with van der Waals surface area (Å²) in [6, 6.07) is 3.93. The molecule has 1 aliphatic rings. The minimum absolute atomic E-state index is 0.308. The summed E-state index contributed by atoms with van der Waals surface area (Å²) in [4.78, 5) is 2.47. The van der Waals surface area contributed by atoms with Gasteiger partial charge in [0, 0.05) is 24.3 Å². The van der Waals surface area contributed by atoms with E-state index in [0.29, 0.717) is 11.7 Å². The Labute approximate surface area is 113 Å². The Balaban J connectivity index is 1.92. The van der Waals surface area contributed by atoms with Crippen molar-refractivity contribution in [1.82, 2.24) is 4.90 Å². The summed E-state index contributed by atoms with van der Waals surface area (Å²) in [6.07, 6.45) is 4.39. The average molecular weight is 268 g/mol. The molecule has 2 rings (SSSR count). The third kappa shape index (κ3) is 4.46. The molecule has 1 fully saturated rings. The Morgan fingerprint density at radius 1 is 1.16 bits per heavy atom. The minimum atomic E-state index is -0.524. The molecule has 106 valence electrons. The van der Waals surface area contributed by atoms with Crippen LogP contribution in [0.5, 0.6) is 0 Å². The molecule has 1 unspecified atom stereocenters. The maximum Gasteiger partial charge on any atom is 0.128 e. The quantitative estimate of drug-likeness (QED) is 0.897. The zero-order chi connectivity index (χ0) is 13.7. The van der Waals surface area contributed by atoms with E-state index in [-0.39, 0.29) is 0 Å². The van der Waals surface area contributed by atoms with Gasteiger partial charge in [0.15, 0.2) is 0 Å². The number of anilines is 1. The van der Waals surface area contributed by atoms with Crippen LogP contribution in [-0.4, -0.2) is 30.6 Å². The molecule has 1 aromatic carbocycles. The smallest absolute Gasteiger partial charge is 0.128 e. The van der Waals surface area contributed by atoms with Gasteiger partial charge in [-0.3, -0.25) is 0 Å². The molecule has 1 atom stereocenters. The van der Waals surface area contributed by atoms with Crippen LogP contribution in [0.1, 0.15) is 32.6 Å². The van der Waals surface area contributed by atoms with Crippen molar-refractivity contribution in [2.75, 3.05) is 25.0 Å². The minimum Gasteiger partial charge on any atom is -0.382 e. The molecule has 1 heterocycles. The maximum absolute atomic E-state index is 13.1. The number of hydrogen-bond donors (Lipinski definition) is 1. The lowest BCUT2D eigenvalue weighted by Crippen LogP contribution is -2.27. The first-order chi connectivity index (χ1) is 9.17. The number of benzene rings is 1. The molecule has 4 heteroatoms. The summed E-state index contributed by atoms with van der Waals surface area (Å²) >= 11 is 0. The Morgan fingerprint density at radius 2 is 1.89 bits per heavy atom. The fourth-order valence-electron chi connectivity index (χ4n) is 2.71. The molecule has 0 amide bonds. The lowest BCUT2D eigenvalue weighted by molar-refractivity contribution is 0.285. The zero-order valence-electron chi connectivity index (χ0n) is 11.5. The van der Waals surface area contributed by atoms with Crippen molar-refractivity contribution in [2.24, 2.45) is 0 Å². The van der Waals surface area contributed by atoms with E-state index in [9.17, 15) is 8.78 Å². The molecule has 1 saturated heterocycles. The van der Waals surface area contributed by atoms with Gasteiger partial charge in [-0.15, -0.1) is 0 Å². The van der Waals surface area contributed by atoms with Crippen molar-refractivity contribution in [3.05, 3.63) is 29.8 Å². The summed E-state index contributed by atoms with van der Waals surface area (Å²) in [5, 5.41) is 3.26. The van der Waals surface area contributed by atoms with Gasteiger partial charge >= 0.3 is 0 Å². The monoisotopic (exact) mass is 268 g/mol. The van der Waals surface area contributed by atoms with Crippen molar-refractivity contribution in [3.63, 3.8) is 0 Å². The van der Waals surface area contributed by atoms with E-state index < -0.39 is 11.6 Å². The van der Waals surface area contributed by atoms with Gasteiger partial charge in [-0.1, -0.05) is 6.92 Å². The summed E-state index contributed by atoms with van der Waals surface area (Å²) in [5.74, 6) is -1.05. The third-order valence-corrected chi connectivity index (χ3v) is 3.59. The van der Waals surface area contributed by atoms with Crippen molar-refractivity contribution in [3.8, 4) is 0 Å². The predicted octanol–water partition coefficient (Wildman–Crippen LogP) is 3.64. The van der Waals surface area contributed by atoms with Gasteiger partial charge in [-0.05, 0) is 50.9 Å². The number of nitrogens with one attached hydrogen (secondary N) is 1. The Hall–Kier alpha value is -1.16. The molecule has 0 spiro atoms. The number of nitrogens with zero attached hydrogens (tertiary/aromatic N) is 1. The van der Waals surface area contributed by atoms with E-state index in [1.807, 2.05) is 0 Å². The van der Waals surface area contributed by atoms with Crippen molar-refractivity contribution >= 4 is 5.69 Å². The second-order valence-corrected chi connectivity index (χ2v) is 5.27. The molecule has 0 aromatic heterocycles. The van der Waals surface area contributed by atoms with Gasteiger partial charge in [0.1, 0.15) is 11.6 Å². The van der Waals surface area contributed by atoms with Crippen molar-refractivity contribution < 1.29 is 8.78 Å². The van der Waals surface area contributed by atoms with Gasteiger partial charge in [0.05, 0.1) is 0 Å². The molecule has 1 aromatic rings. The first-order valence-electron chi connectivity index (χ1n) is 7.12. The fourth-order valence-corrected chi connectivity index (χ4v) is 2.71. The van der Waals surface area contributed by atoms with Crippen LogP contribution in [-0.2, 0) is 0 Å². The number of hydrogen-bond acceptors (Lipinski definition) is 2. The number of likely N-dealkylation sites (tertiary alicyclic amines) is 1. The van der Waals surface area contributed by atoms with Crippen LogP contribution < -0.4 is 5.32 Å². The van der Waals surface area contributed by atoms with Crippen molar-refractivity contribution in [2.45, 2.75) is 38.6 Å². The Morgan fingerprint density at radius 3 is 2.58 bits per heavy atom. The molecule has 0 bridgehead atoms.